The average Bonchev–Trinajstić information content (AvgIpc) is 2.29. The number of nitrogens with zero attached hydrogens (tertiary/aromatic N) is 1. The molecular weight excluding hydrogens is 226 g/mol. The molecule has 1 rings (SSSR count). The number of halogens is 1. The summed E-state index contributed by atoms with van der Waals surface area (Å²) >= 11 is 5.82. The third-order valence-electron chi connectivity index (χ3n) is 1.96. The molecule has 0 radical (unpaired) electrons. The van der Waals surface area contributed by atoms with Crippen LogP contribution in [0, 0.1) is 11.3 Å². The largest absolute Gasteiger partial charge is 0.492 e. The first-order valence-corrected chi connectivity index (χ1v) is 5.56. The van der Waals surface area contributed by atoms with Crippen molar-refractivity contribution in [1.29, 1.82) is 5.26 Å². The van der Waals surface area contributed by atoms with Crippen LogP contribution in [0.1, 0.15) is 18.9 Å². The van der Waals surface area contributed by atoms with Crippen molar-refractivity contribution in [2.24, 2.45) is 0 Å². The molecule has 1 aromatic carbocycles. The molecule has 1 aromatic rings. The quantitative estimate of drug-likeness (QED) is 0.717. The fourth-order valence-electron chi connectivity index (χ4n) is 1.20. The van der Waals surface area contributed by atoms with Gasteiger partial charge in [-0.2, -0.15) is 5.26 Å². The first kappa shape index (κ1) is 12.8. The van der Waals surface area contributed by atoms with Gasteiger partial charge in [-0.25, -0.2) is 0 Å². The summed E-state index contributed by atoms with van der Waals surface area (Å²) in [5, 5.41) is 9.42. The first-order valence-electron chi connectivity index (χ1n) is 5.18. The van der Waals surface area contributed by atoms with E-state index in [4.69, 9.17) is 26.3 Å². The minimum absolute atomic E-state index is 0.501. The number of hydrogen-bond donors (Lipinski definition) is 0. The Kier molecular flexibility index (Phi) is 5.69. The van der Waals surface area contributed by atoms with Gasteiger partial charge < -0.3 is 9.47 Å². The van der Waals surface area contributed by atoms with Crippen molar-refractivity contribution < 1.29 is 9.47 Å². The van der Waals surface area contributed by atoms with Gasteiger partial charge in [-0.15, -0.1) is 0 Å². The summed E-state index contributed by atoms with van der Waals surface area (Å²) in [7, 11) is 0. The Balaban J connectivity index is 2.46. The van der Waals surface area contributed by atoms with Crippen LogP contribution in [0.4, 0.5) is 0 Å². The molecule has 0 amide bonds. The van der Waals surface area contributed by atoms with Crippen LogP contribution >= 0.6 is 11.6 Å². The second kappa shape index (κ2) is 7.10. The Morgan fingerprint density at radius 3 is 2.88 bits per heavy atom. The van der Waals surface area contributed by atoms with Crippen molar-refractivity contribution >= 4 is 11.6 Å². The van der Waals surface area contributed by atoms with Gasteiger partial charge in [-0.05, 0) is 19.1 Å². The molecule has 0 saturated heterocycles. The maximum absolute atomic E-state index is 8.85. The number of ether oxygens (including phenoxy) is 2. The summed E-state index contributed by atoms with van der Waals surface area (Å²) in [5.41, 5.74) is 0.501. The zero-order chi connectivity index (χ0) is 11.8. The molecule has 0 atom stereocenters. The highest BCUT2D eigenvalue weighted by Gasteiger charge is 2.03. The van der Waals surface area contributed by atoms with Gasteiger partial charge in [-0.3, -0.25) is 0 Å². The molecule has 0 unspecified atom stereocenters. The highest BCUT2D eigenvalue weighted by Crippen LogP contribution is 2.22. The SMILES string of the molecule is CCOCCCOc1cc(Cl)ccc1C#N. The van der Waals surface area contributed by atoms with Crippen LogP contribution in [-0.2, 0) is 4.74 Å². The zero-order valence-electron chi connectivity index (χ0n) is 9.20. The number of hydrogen-bond acceptors (Lipinski definition) is 3. The van der Waals surface area contributed by atoms with Crippen LogP contribution in [-0.4, -0.2) is 19.8 Å². The fraction of sp³-hybridized carbons (Fsp3) is 0.417. The zero-order valence-corrected chi connectivity index (χ0v) is 9.96. The monoisotopic (exact) mass is 239 g/mol. The predicted molar refractivity (Wildman–Crippen MR) is 62.8 cm³/mol. The molecule has 0 fully saturated rings. The Hall–Kier alpha value is -1.24. The number of nitriles is 1. The van der Waals surface area contributed by atoms with Crippen molar-refractivity contribution in [3.63, 3.8) is 0 Å². The third kappa shape index (κ3) is 4.09. The summed E-state index contributed by atoms with van der Waals surface area (Å²) < 4.78 is 10.6. The molecule has 0 bridgehead atoms. The van der Waals surface area contributed by atoms with E-state index in [1.165, 1.54) is 0 Å². The standard InChI is InChI=1S/C12H14ClNO2/c1-2-15-6-3-7-16-12-8-11(13)5-4-10(12)9-14/h4-5,8H,2-3,6-7H2,1H3. The Labute approximate surface area is 101 Å². The molecule has 0 aliphatic carbocycles. The average molecular weight is 240 g/mol. The van der Waals surface area contributed by atoms with Crippen molar-refractivity contribution in [2.75, 3.05) is 19.8 Å². The van der Waals surface area contributed by atoms with E-state index < -0.39 is 0 Å². The van der Waals surface area contributed by atoms with Crippen molar-refractivity contribution in [2.45, 2.75) is 13.3 Å². The van der Waals surface area contributed by atoms with E-state index in [0.29, 0.717) is 36.2 Å². The second-order valence-corrected chi connectivity index (χ2v) is 3.59. The minimum Gasteiger partial charge on any atom is -0.492 e. The highest BCUT2D eigenvalue weighted by atomic mass is 35.5. The lowest BCUT2D eigenvalue weighted by Gasteiger charge is -2.08. The van der Waals surface area contributed by atoms with E-state index in [1.807, 2.05) is 6.92 Å². The van der Waals surface area contributed by atoms with E-state index in [1.54, 1.807) is 18.2 Å². The summed E-state index contributed by atoms with van der Waals surface area (Å²) in [6, 6.07) is 7.04. The Morgan fingerprint density at radius 2 is 2.19 bits per heavy atom. The Morgan fingerprint density at radius 1 is 1.38 bits per heavy atom. The molecule has 4 heteroatoms. The summed E-state index contributed by atoms with van der Waals surface area (Å²) in [4.78, 5) is 0. The van der Waals surface area contributed by atoms with Crippen LogP contribution in [0.2, 0.25) is 5.02 Å². The molecule has 86 valence electrons. The van der Waals surface area contributed by atoms with E-state index in [9.17, 15) is 0 Å². The molecule has 16 heavy (non-hydrogen) atoms. The number of benzene rings is 1. The minimum atomic E-state index is 0.501. The first-order chi connectivity index (χ1) is 7.77. The van der Waals surface area contributed by atoms with Gasteiger partial charge in [0.25, 0.3) is 0 Å². The van der Waals surface area contributed by atoms with Crippen LogP contribution in [0.3, 0.4) is 0 Å². The van der Waals surface area contributed by atoms with Crippen molar-refractivity contribution in [1.82, 2.24) is 0 Å². The van der Waals surface area contributed by atoms with Crippen LogP contribution < -0.4 is 4.74 Å². The Bertz CT molecular complexity index is 374. The van der Waals surface area contributed by atoms with Gasteiger partial charge in [0.1, 0.15) is 11.8 Å². The van der Waals surface area contributed by atoms with Gasteiger partial charge >= 0.3 is 0 Å². The molecule has 0 spiro atoms. The smallest absolute Gasteiger partial charge is 0.138 e. The fourth-order valence-corrected chi connectivity index (χ4v) is 1.36. The lowest BCUT2D eigenvalue weighted by atomic mass is 10.2. The molecule has 0 aliphatic heterocycles. The summed E-state index contributed by atoms with van der Waals surface area (Å²) in [6.45, 7) is 3.85. The molecule has 3 nitrogen and oxygen atoms in total. The molecule has 0 aromatic heterocycles. The highest BCUT2D eigenvalue weighted by molar-refractivity contribution is 6.30. The van der Waals surface area contributed by atoms with Crippen molar-refractivity contribution in [3.05, 3.63) is 28.8 Å². The third-order valence-corrected chi connectivity index (χ3v) is 2.19. The molecule has 0 N–H and O–H groups in total. The topological polar surface area (TPSA) is 42.2 Å². The lowest BCUT2D eigenvalue weighted by Crippen LogP contribution is -2.03. The molecular formula is C12H14ClNO2. The normalized spacial score (nSPS) is 9.81. The van der Waals surface area contributed by atoms with Gasteiger partial charge in [0, 0.05) is 30.7 Å². The number of rotatable bonds is 6. The van der Waals surface area contributed by atoms with Gasteiger partial charge in [0.05, 0.1) is 12.2 Å². The lowest BCUT2D eigenvalue weighted by molar-refractivity contribution is 0.131. The van der Waals surface area contributed by atoms with Gasteiger partial charge in [-0.1, -0.05) is 11.6 Å². The van der Waals surface area contributed by atoms with Crippen LogP contribution in [0.5, 0.6) is 5.75 Å². The van der Waals surface area contributed by atoms with E-state index in [-0.39, 0.29) is 0 Å². The maximum atomic E-state index is 8.85. The van der Waals surface area contributed by atoms with E-state index >= 15 is 0 Å². The van der Waals surface area contributed by atoms with E-state index in [2.05, 4.69) is 6.07 Å². The summed E-state index contributed by atoms with van der Waals surface area (Å²) in [6.07, 6.45) is 0.797. The van der Waals surface area contributed by atoms with Crippen LogP contribution in [0.25, 0.3) is 0 Å². The van der Waals surface area contributed by atoms with Gasteiger partial charge in [0.15, 0.2) is 0 Å². The van der Waals surface area contributed by atoms with Gasteiger partial charge in [0.2, 0.25) is 0 Å². The molecule has 0 aliphatic rings. The predicted octanol–water partition coefficient (Wildman–Crippen LogP) is 3.02. The van der Waals surface area contributed by atoms with E-state index in [0.717, 1.165) is 6.42 Å². The van der Waals surface area contributed by atoms with Crippen LogP contribution in [0.15, 0.2) is 18.2 Å². The van der Waals surface area contributed by atoms with Crippen molar-refractivity contribution in [3.8, 4) is 11.8 Å². The molecule has 0 saturated carbocycles. The summed E-state index contributed by atoms with van der Waals surface area (Å²) in [5.74, 6) is 0.534. The second-order valence-electron chi connectivity index (χ2n) is 3.15. The molecule has 0 heterocycles. The maximum Gasteiger partial charge on any atom is 0.138 e.